The van der Waals surface area contributed by atoms with Crippen molar-refractivity contribution in [3.63, 3.8) is 0 Å². The van der Waals surface area contributed by atoms with Crippen molar-refractivity contribution in [3.05, 3.63) is 47.5 Å². The lowest BCUT2D eigenvalue weighted by Gasteiger charge is -2.17. The van der Waals surface area contributed by atoms with Gasteiger partial charge in [0.2, 0.25) is 0 Å². The molecule has 0 saturated heterocycles. The van der Waals surface area contributed by atoms with Crippen LogP contribution in [0.5, 0.6) is 0 Å². The van der Waals surface area contributed by atoms with Gasteiger partial charge < -0.3 is 0 Å². The number of hydrogen-bond donors (Lipinski definition) is 0. The van der Waals surface area contributed by atoms with Gasteiger partial charge in [0.25, 0.3) is 0 Å². The van der Waals surface area contributed by atoms with E-state index in [2.05, 4.69) is 40.3 Å². The lowest BCUT2D eigenvalue weighted by Crippen LogP contribution is -2.14. The van der Waals surface area contributed by atoms with E-state index in [0.29, 0.717) is 5.71 Å². The number of rotatable bonds is 1. The van der Waals surface area contributed by atoms with Crippen LogP contribution >= 0.6 is 0 Å². The van der Waals surface area contributed by atoms with Crippen LogP contribution in [0.25, 0.3) is 10.8 Å². The van der Waals surface area contributed by atoms with Crippen molar-refractivity contribution >= 4 is 29.0 Å². The summed E-state index contributed by atoms with van der Waals surface area (Å²) in [5, 5.41) is 2.47. The fourth-order valence-corrected chi connectivity index (χ4v) is 2.95. The molecule has 0 N–H and O–H groups in total. The summed E-state index contributed by atoms with van der Waals surface area (Å²) in [6.07, 6.45) is 2.35. The van der Waals surface area contributed by atoms with Crippen molar-refractivity contribution in [3.8, 4) is 0 Å². The van der Waals surface area contributed by atoms with Gasteiger partial charge >= 0.3 is 0 Å². The van der Waals surface area contributed by atoms with Crippen molar-refractivity contribution in [2.75, 3.05) is 0 Å². The van der Waals surface area contributed by atoms with Gasteiger partial charge in [-0.05, 0) is 21.9 Å². The average Bonchev–Trinajstić information content (AvgIpc) is 2.76. The zero-order chi connectivity index (χ0) is 12.1. The third-order valence-electron chi connectivity index (χ3n) is 3.68. The predicted octanol–water partition coefficient (Wildman–Crippen LogP) is 2.66. The molecule has 1 aliphatic carbocycles. The molecule has 0 spiro atoms. The third kappa shape index (κ3) is 1.11. The Morgan fingerprint density at radius 2 is 1.72 bits per heavy atom. The quantitative estimate of drug-likeness (QED) is 0.699. The molecular formula is C15H10N2O. The van der Waals surface area contributed by atoms with E-state index in [1.165, 1.54) is 21.9 Å². The fourth-order valence-electron chi connectivity index (χ4n) is 2.95. The normalized spacial score (nSPS) is 23.9. The van der Waals surface area contributed by atoms with E-state index >= 15 is 0 Å². The minimum absolute atomic E-state index is 0.0312. The summed E-state index contributed by atoms with van der Waals surface area (Å²) >= 11 is 0. The Kier molecular flexibility index (Phi) is 1.81. The van der Waals surface area contributed by atoms with Gasteiger partial charge in [-0.25, -0.2) is 0 Å². The van der Waals surface area contributed by atoms with E-state index in [9.17, 15) is 4.79 Å². The Morgan fingerprint density at radius 1 is 1.00 bits per heavy atom. The minimum atomic E-state index is -0.0312. The van der Waals surface area contributed by atoms with Crippen molar-refractivity contribution in [1.82, 2.24) is 0 Å². The summed E-state index contributed by atoms with van der Waals surface area (Å²) in [4.78, 5) is 19.8. The molecule has 2 atom stereocenters. The number of nitrogens with zero attached hydrogens (tertiary/aromatic N) is 2. The molecule has 4 rings (SSSR count). The number of aldehydes is 1. The van der Waals surface area contributed by atoms with Gasteiger partial charge in [0, 0.05) is 0 Å². The maximum absolute atomic E-state index is 10.8. The highest BCUT2D eigenvalue weighted by atomic mass is 16.1. The summed E-state index contributed by atoms with van der Waals surface area (Å²) in [5.74, 6) is 0. The van der Waals surface area contributed by atoms with Crippen LogP contribution in [0.2, 0.25) is 0 Å². The van der Waals surface area contributed by atoms with E-state index < -0.39 is 0 Å². The lowest BCUT2D eigenvalue weighted by molar-refractivity contribution is -0.102. The van der Waals surface area contributed by atoms with Crippen LogP contribution < -0.4 is 0 Å². The largest absolute Gasteiger partial charge is 0.296 e. The first-order valence-corrected chi connectivity index (χ1v) is 5.96. The molecule has 0 amide bonds. The van der Waals surface area contributed by atoms with Gasteiger partial charge in [-0.15, -0.1) is 0 Å². The maximum Gasteiger partial charge on any atom is 0.169 e. The Balaban J connectivity index is 2.05. The topological polar surface area (TPSA) is 41.8 Å². The first-order valence-electron chi connectivity index (χ1n) is 5.96. The first kappa shape index (κ1) is 9.71. The Hall–Kier alpha value is -2.29. The molecule has 3 heteroatoms. The lowest BCUT2D eigenvalue weighted by atomic mass is 10.0. The van der Waals surface area contributed by atoms with E-state index in [-0.39, 0.29) is 12.1 Å². The molecule has 2 aromatic carbocycles. The minimum Gasteiger partial charge on any atom is -0.296 e. The number of carbonyl (C=O) groups excluding carboxylic acids is 1. The highest BCUT2D eigenvalue weighted by Gasteiger charge is 2.35. The molecule has 18 heavy (non-hydrogen) atoms. The van der Waals surface area contributed by atoms with Crippen LogP contribution in [-0.4, -0.2) is 18.2 Å². The number of hydrogen-bond acceptors (Lipinski definition) is 3. The molecule has 0 fully saturated rings. The Morgan fingerprint density at radius 3 is 2.44 bits per heavy atom. The summed E-state index contributed by atoms with van der Waals surface area (Å²) in [7, 11) is 0. The molecule has 0 aromatic heterocycles. The predicted molar refractivity (Wildman–Crippen MR) is 71.4 cm³/mol. The highest BCUT2D eigenvalue weighted by molar-refractivity contribution is 6.54. The van der Waals surface area contributed by atoms with Crippen molar-refractivity contribution < 1.29 is 4.79 Å². The first-order chi connectivity index (χ1) is 8.88. The average molecular weight is 234 g/mol. The van der Waals surface area contributed by atoms with Gasteiger partial charge in [-0.2, -0.15) is 0 Å². The molecule has 2 unspecified atom stereocenters. The molecule has 3 nitrogen and oxygen atoms in total. The Labute approximate surface area is 104 Å². The monoisotopic (exact) mass is 234 g/mol. The van der Waals surface area contributed by atoms with E-state index in [4.69, 9.17) is 0 Å². The summed E-state index contributed by atoms with van der Waals surface area (Å²) in [6.45, 7) is 0. The maximum atomic E-state index is 10.8. The molecule has 2 aromatic rings. The molecule has 0 radical (unpaired) electrons. The number of carbonyl (C=O) groups is 1. The van der Waals surface area contributed by atoms with Gasteiger partial charge in [0.15, 0.2) is 6.29 Å². The van der Waals surface area contributed by atoms with Crippen LogP contribution in [0.4, 0.5) is 0 Å². The Bertz CT molecular complexity index is 725. The van der Waals surface area contributed by atoms with Crippen molar-refractivity contribution in [2.24, 2.45) is 9.98 Å². The highest BCUT2D eigenvalue weighted by Crippen LogP contribution is 2.48. The SMILES string of the molecule is O=CC1=NC2c3cccc4cccc(c34)C2N=C1. The summed E-state index contributed by atoms with van der Waals surface area (Å²) in [6, 6.07) is 12.5. The second kappa shape index (κ2) is 3.35. The summed E-state index contributed by atoms with van der Waals surface area (Å²) < 4.78 is 0. The smallest absolute Gasteiger partial charge is 0.169 e. The van der Waals surface area contributed by atoms with Crippen molar-refractivity contribution in [1.29, 1.82) is 0 Å². The van der Waals surface area contributed by atoms with E-state index in [0.717, 1.165) is 6.29 Å². The zero-order valence-electron chi connectivity index (χ0n) is 9.58. The summed E-state index contributed by atoms with van der Waals surface area (Å²) in [5.41, 5.74) is 2.84. The van der Waals surface area contributed by atoms with Crippen LogP contribution in [0.1, 0.15) is 23.2 Å². The van der Waals surface area contributed by atoms with Crippen LogP contribution in [0.3, 0.4) is 0 Å². The zero-order valence-corrected chi connectivity index (χ0v) is 9.58. The van der Waals surface area contributed by atoms with Gasteiger partial charge in [-0.1, -0.05) is 36.4 Å². The number of fused-ring (bicyclic) bond motifs is 3. The molecular weight excluding hydrogens is 224 g/mol. The molecule has 86 valence electrons. The second-order valence-electron chi connectivity index (χ2n) is 4.63. The van der Waals surface area contributed by atoms with Crippen LogP contribution in [-0.2, 0) is 4.79 Å². The van der Waals surface area contributed by atoms with Gasteiger partial charge in [-0.3, -0.25) is 14.8 Å². The van der Waals surface area contributed by atoms with Gasteiger partial charge in [0.05, 0.1) is 6.21 Å². The van der Waals surface area contributed by atoms with Crippen LogP contribution in [0.15, 0.2) is 46.4 Å². The molecule has 0 saturated carbocycles. The second-order valence-corrected chi connectivity index (χ2v) is 4.63. The molecule has 2 aliphatic rings. The molecule has 1 aliphatic heterocycles. The van der Waals surface area contributed by atoms with Crippen LogP contribution in [0, 0.1) is 0 Å². The molecule has 0 bridgehead atoms. The van der Waals surface area contributed by atoms with E-state index in [1.807, 2.05) is 6.07 Å². The van der Waals surface area contributed by atoms with Crippen molar-refractivity contribution in [2.45, 2.75) is 12.1 Å². The molecule has 1 heterocycles. The fraction of sp³-hybridized carbons (Fsp3) is 0.133. The third-order valence-corrected chi connectivity index (χ3v) is 3.68. The number of aliphatic imine (C=N–C) groups is 2. The number of benzene rings is 2. The van der Waals surface area contributed by atoms with Gasteiger partial charge in [0.1, 0.15) is 17.8 Å². The standard InChI is InChI=1S/C15H10N2O/c18-8-10-7-16-14-11-5-1-3-9-4-2-6-12(13(9)11)15(14)17-10/h1-8,14-15H. The van der Waals surface area contributed by atoms with E-state index in [1.54, 1.807) is 6.21 Å².